The van der Waals surface area contributed by atoms with E-state index in [4.69, 9.17) is 10.00 Å². The van der Waals surface area contributed by atoms with Gasteiger partial charge in [0.2, 0.25) is 11.5 Å². The molecule has 0 saturated carbocycles. The van der Waals surface area contributed by atoms with Gasteiger partial charge in [0.15, 0.2) is 6.10 Å². The molecule has 0 radical (unpaired) electrons. The number of hydrazine groups is 1. The number of nitrogens with one attached hydrogen (secondary N) is 2. The third-order valence-corrected chi connectivity index (χ3v) is 5.71. The molecule has 2 aromatic carbocycles. The van der Waals surface area contributed by atoms with Crippen LogP contribution in [0.2, 0.25) is 0 Å². The molecular formula is C21H17F3N4O4S. The highest BCUT2D eigenvalue weighted by Crippen LogP contribution is 2.44. The molecule has 0 aliphatic rings. The van der Waals surface area contributed by atoms with Crippen LogP contribution in [0.15, 0.2) is 48.5 Å². The van der Waals surface area contributed by atoms with Crippen molar-refractivity contribution in [3.63, 3.8) is 0 Å². The van der Waals surface area contributed by atoms with E-state index in [9.17, 15) is 27.9 Å². The van der Waals surface area contributed by atoms with Gasteiger partial charge in [-0.15, -0.1) is 11.3 Å². The van der Waals surface area contributed by atoms with Crippen molar-refractivity contribution in [2.24, 2.45) is 0 Å². The van der Waals surface area contributed by atoms with Crippen LogP contribution in [0.1, 0.15) is 23.9 Å². The quantitative estimate of drug-likeness (QED) is 0.468. The summed E-state index contributed by atoms with van der Waals surface area (Å²) in [7, 11) is 0. The number of aliphatic hydroxyl groups is 1. The molecule has 3 aromatic rings. The van der Waals surface area contributed by atoms with Crippen LogP contribution in [0.4, 0.5) is 13.2 Å². The van der Waals surface area contributed by atoms with Crippen molar-refractivity contribution in [1.82, 2.24) is 15.8 Å². The van der Waals surface area contributed by atoms with Gasteiger partial charge in [-0.05, 0) is 43.3 Å². The van der Waals surface area contributed by atoms with Gasteiger partial charge in [0, 0.05) is 0 Å². The largest absolute Gasteiger partial charge is 0.481 e. The summed E-state index contributed by atoms with van der Waals surface area (Å²) in [6.07, 6.45) is -7.74. The molecular weight excluding hydrogens is 461 g/mol. The first-order valence-corrected chi connectivity index (χ1v) is 10.3. The second-order valence-corrected chi connectivity index (χ2v) is 7.99. The number of benzene rings is 2. The molecule has 0 aliphatic heterocycles. The maximum Gasteiger partial charge on any atom is 0.424 e. The molecule has 0 spiro atoms. The van der Waals surface area contributed by atoms with Gasteiger partial charge in [-0.1, -0.05) is 12.1 Å². The third kappa shape index (κ3) is 5.39. The molecule has 12 heteroatoms. The van der Waals surface area contributed by atoms with E-state index >= 15 is 0 Å². The number of carbonyl (C=O) groups excluding carboxylic acids is 2. The number of hydrogen-bond acceptors (Lipinski definition) is 7. The second kappa shape index (κ2) is 9.43. The summed E-state index contributed by atoms with van der Waals surface area (Å²) in [6, 6.07) is 14.0. The topological polar surface area (TPSA) is 124 Å². The fourth-order valence-corrected chi connectivity index (χ4v) is 3.80. The number of carbonyl (C=O) groups is 2. The first kappa shape index (κ1) is 24.0. The maximum atomic E-state index is 13.7. The Labute approximate surface area is 189 Å². The van der Waals surface area contributed by atoms with Gasteiger partial charge in [-0.3, -0.25) is 20.4 Å². The van der Waals surface area contributed by atoms with Crippen molar-refractivity contribution in [1.29, 1.82) is 5.26 Å². The second-order valence-electron chi connectivity index (χ2n) is 6.96. The van der Waals surface area contributed by atoms with E-state index in [1.165, 1.54) is 37.3 Å². The highest BCUT2D eigenvalue weighted by Gasteiger charge is 2.58. The fraction of sp³-hybridized carbons (Fsp3) is 0.238. The number of rotatable bonds is 6. The maximum absolute atomic E-state index is 13.7. The molecule has 172 valence electrons. The summed E-state index contributed by atoms with van der Waals surface area (Å²) in [4.78, 5) is 28.1. The first-order valence-electron chi connectivity index (χ1n) is 9.44. The summed E-state index contributed by atoms with van der Waals surface area (Å²) in [5, 5.41) is 18.5. The van der Waals surface area contributed by atoms with Crippen LogP contribution < -0.4 is 15.6 Å². The van der Waals surface area contributed by atoms with E-state index in [1.54, 1.807) is 18.2 Å². The minimum Gasteiger partial charge on any atom is -0.481 e. The number of thiazole rings is 1. The lowest BCUT2D eigenvalue weighted by atomic mass is 9.99. The number of para-hydroxylation sites is 1. The molecule has 2 amide bonds. The van der Waals surface area contributed by atoms with Crippen molar-refractivity contribution in [3.05, 3.63) is 59.1 Å². The van der Waals surface area contributed by atoms with E-state index in [1.807, 2.05) is 16.9 Å². The average molecular weight is 478 g/mol. The van der Waals surface area contributed by atoms with Crippen LogP contribution in [0, 0.1) is 11.3 Å². The Kier molecular flexibility index (Phi) is 6.85. The van der Waals surface area contributed by atoms with E-state index in [0.717, 1.165) is 0 Å². The molecule has 0 aliphatic carbocycles. The molecule has 0 unspecified atom stereocenters. The highest BCUT2D eigenvalue weighted by molar-refractivity contribution is 7.18. The lowest BCUT2D eigenvalue weighted by molar-refractivity contribution is -0.267. The lowest BCUT2D eigenvalue weighted by Crippen LogP contribution is -2.51. The predicted molar refractivity (Wildman–Crippen MR) is 112 cm³/mol. The van der Waals surface area contributed by atoms with Gasteiger partial charge in [-0.2, -0.15) is 18.4 Å². The van der Waals surface area contributed by atoms with Crippen LogP contribution in [0.3, 0.4) is 0 Å². The molecule has 1 heterocycles. The average Bonchev–Trinajstić information content (AvgIpc) is 3.22. The molecule has 0 bridgehead atoms. The lowest BCUT2D eigenvalue weighted by Gasteiger charge is -2.27. The zero-order chi connectivity index (χ0) is 24.2. The molecule has 0 saturated heterocycles. The Balaban J connectivity index is 1.64. The van der Waals surface area contributed by atoms with Crippen LogP contribution >= 0.6 is 11.3 Å². The van der Waals surface area contributed by atoms with Crippen molar-refractivity contribution in [2.45, 2.75) is 31.2 Å². The Morgan fingerprint density at radius 3 is 2.45 bits per heavy atom. The Bertz CT molecular complexity index is 1170. The normalized spacial score (nSPS) is 14.1. The Morgan fingerprint density at radius 1 is 1.18 bits per heavy atom. The molecule has 33 heavy (non-hydrogen) atoms. The molecule has 3 rings (SSSR count). The third-order valence-electron chi connectivity index (χ3n) is 4.52. The van der Waals surface area contributed by atoms with Crippen LogP contribution in [0.5, 0.6) is 5.75 Å². The van der Waals surface area contributed by atoms with E-state index in [-0.39, 0.29) is 11.3 Å². The zero-order valence-electron chi connectivity index (χ0n) is 17.0. The van der Waals surface area contributed by atoms with Gasteiger partial charge in [-0.25, -0.2) is 4.98 Å². The zero-order valence-corrected chi connectivity index (χ0v) is 17.8. The highest BCUT2D eigenvalue weighted by atomic mass is 32.1. The predicted octanol–water partition coefficient (Wildman–Crippen LogP) is 2.92. The number of fused-ring (bicyclic) bond motifs is 1. The number of hydrogen-bond donors (Lipinski definition) is 3. The Morgan fingerprint density at radius 2 is 1.85 bits per heavy atom. The van der Waals surface area contributed by atoms with Crippen molar-refractivity contribution < 1.29 is 32.6 Å². The summed E-state index contributed by atoms with van der Waals surface area (Å²) in [5.74, 6) is -1.86. The standard InChI is InChI=1S/C21H17F3N4O4S/c1-12(32-14-8-6-13(11-25)7-9-14)18(30)28-27-17(29)10-20(31,21(22,23)24)19-26-15-4-2-3-5-16(15)33-19/h2-9,12,31H,10H2,1H3,(H,27,29)(H,28,30)/t12-,20-/m0/s1. The minimum atomic E-state index is -5.20. The van der Waals surface area contributed by atoms with Gasteiger partial charge >= 0.3 is 6.18 Å². The van der Waals surface area contributed by atoms with Crippen molar-refractivity contribution in [2.75, 3.05) is 0 Å². The monoisotopic (exact) mass is 478 g/mol. The van der Waals surface area contributed by atoms with Gasteiger partial charge in [0.05, 0.1) is 28.3 Å². The first-order chi connectivity index (χ1) is 15.5. The van der Waals surface area contributed by atoms with E-state index < -0.39 is 41.1 Å². The number of nitriles is 1. The minimum absolute atomic E-state index is 0.252. The number of amides is 2. The van der Waals surface area contributed by atoms with E-state index in [0.29, 0.717) is 21.6 Å². The number of halogens is 3. The molecule has 3 N–H and O–H groups in total. The number of alkyl halides is 3. The number of aromatic nitrogens is 1. The SMILES string of the molecule is C[C@H](Oc1ccc(C#N)cc1)C(=O)NNC(=O)C[C@](O)(c1nc2ccccc2s1)C(F)(F)F. The van der Waals surface area contributed by atoms with E-state index in [2.05, 4.69) is 4.98 Å². The van der Waals surface area contributed by atoms with Gasteiger partial charge in [0.1, 0.15) is 10.8 Å². The van der Waals surface area contributed by atoms with Crippen LogP contribution in [0.25, 0.3) is 10.2 Å². The molecule has 8 nitrogen and oxygen atoms in total. The smallest absolute Gasteiger partial charge is 0.424 e. The van der Waals surface area contributed by atoms with Crippen molar-refractivity contribution >= 4 is 33.4 Å². The summed E-state index contributed by atoms with van der Waals surface area (Å²) in [5.41, 5.74) is 0.913. The van der Waals surface area contributed by atoms with Gasteiger partial charge in [0.25, 0.3) is 5.91 Å². The summed E-state index contributed by atoms with van der Waals surface area (Å²) in [6.45, 7) is 1.35. The number of ether oxygens (including phenoxy) is 1. The van der Waals surface area contributed by atoms with Crippen LogP contribution in [-0.4, -0.2) is 34.2 Å². The summed E-state index contributed by atoms with van der Waals surface area (Å²) >= 11 is 0.618. The molecule has 2 atom stereocenters. The fourth-order valence-electron chi connectivity index (χ4n) is 2.72. The summed E-state index contributed by atoms with van der Waals surface area (Å²) < 4.78 is 46.9. The number of nitrogens with zero attached hydrogens (tertiary/aromatic N) is 2. The van der Waals surface area contributed by atoms with Gasteiger partial charge < -0.3 is 9.84 Å². The Hall–Kier alpha value is -3.69. The van der Waals surface area contributed by atoms with Crippen LogP contribution in [-0.2, 0) is 15.2 Å². The molecule has 1 aromatic heterocycles. The molecule has 0 fully saturated rings. The van der Waals surface area contributed by atoms with Crippen molar-refractivity contribution in [3.8, 4) is 11.8 Å².